The van der Waals surface area contributed by atoms with Crippen LogP contribution in [0.1, 0.15) is 11.1 Å². The molecule has 1 heterocycles. The van der Waals surface area contributed by atoms with Gasteiger partial charge in [0.05, 0.1) is 25.2 Å². The zero-order valence-electron chi connectivity index (χ0n) is 13.6. The highest BCUT2D eigenvalue weighted by Crippen LogP contribution is 2.36. The van der Waals surface area contributed by atoms with Crippen LogP contribution in [-0.2, 0) is 0 Å². The van der Waals surface area contributed by atoms with Crippen molar-refractivity contribution >= 4 is 11.0 Å². The van der Waals surface area contributed by atoms with Crippen LogP contribution in [0.25, 0.3) is 22.1 Å². The number of aryl methyl sites for hydroxylation is 2. The van der Waals surface area contributed by atoms with Crippen LogP contribution in [0.2, 0.25) is 0 Å². The van der Waals surface area contributed by atoms with Crippen LogP contribution >= 0.6 is 0 Å². The van der Waals surface area contributed by atoms with Gasteiger partial charge in [-0.25, -0.2) is 4.79 Å². The average Bonchev–Trinajstić information content (AvgIpc) is 2.55. The van der Waals surface area contributed by atoms with Gasteiger partial charge in [0.1, 0.15) is 17.1 Å². The number of fused-ring (bicyclic) bond motifs is 1. The Morgan fingerprint density at radius 2 is 1.74 bits per heavy atom. The number of hydrogen-bond acceptors (Lipinski definition) is 4. The number of methoxy groups -OCH3 is 2. The molecule has 0 saturated carbocycles. The van der Waals surface area contributed by atoms with E-state index >= 15 is 0 Å². The Bertz CT molecular complexity index is 938. The van der Waals surface area contributed by atoms with Gasteiger partial charge in [-0.2, -0.15) is 0 Å². The van der Waals surface area contributed by atoms with Crippen LogP contribution in [0.3, 0.4) is 0 Å². The maximum Gasteiger partial charge on any atom is 0.344 e. The lowest BCUT2D eigenvalue weighted by atomic mass is 9.96. The van der Waals surface area contributed by atoms with E-state index in [2.05, 4.69) is 0 Å². The molecule has 23 heavy (non-hydrogen) atoms. The summed E-state index contributed by atoms with van der Waals surface area (Å²) < 4.78 is 16.3. The van der Waals surface area contributed by atoms with E-state index in [0.29, 0.717) is 22.6 Å². The van der Waals surface area contributed by atoms with Crippen molar-refractivity contribution in [3.05, 3.63) is 57.9 Å². The van der Waals surface area contributed by atoms with Crippen LogP contribution in [-0.4, -0.2) is 14.2 Å². The van der Waals surface area contributed by atoms with Gasteiger partial charge in [-0.1, -0.05) is 24.3 Å². The van der Waals surface area contributed by atoms with Crippen molar-refractivity contribution in [2.24, 2.45) is 0 Å². The molecule has 3 rings (SSSR count). The minimum absolute atomic E-state index is 0.361. The monoisotopic (exact) mass is 310 g/mol. The smallest absolute Gasteiger partial charge is 0.344 e. The molecule has 0 spiro atoms. The largest absolute Gasteiger partial charge is 0.496 e. The lowest BCUT2D eigenvalue weighted by Gasteiger charge is -2.13. The van der Waals surface area contributed by atoms with E-state index in [1.54, 1.807) is 26.4 Å². The van der Waals surface area contributed by atoms with E-state index in [1.165, 1.54) is 0 Å². The Labute approximate surface area is 134 Å². The predicted octanol–water partition coefficient (Wildman–Crippen LogP) is 4.09. The van der Waals surface area contributed by atoms with Crippen molar-refractivity contribution in [3.63, 3.8) is 0 Å². The summed E-state index contributed by atoms with van der Waals surface area (Å²) in [4.78, 5) is 12.6. The van der Waals surface area contributed by atoms with Crippen LogP contribution in [0.5, 0.6) is 11.5 Å². The van der Waals surface area contributed by atoms with Gasteiger partial charge in [-0.15, -0.1) is 0 Å². The van der Waals surface area contributed by atoms with E-state index in [4.69, 9.17) is 13.9 Å². The quantitative estimate of drug-likeness (QED) is 0.684. The van der Waals surface area contributed by atoms with Gasteiger partial charge in [0, 0.05) is 12.1 Å². The topological polar surface area (TPSA) is 48.7 Å². The standard InChI is InChI=1S/C19H18O4/c1-11-7-5-6-8-14(11)17-12(2)18-15(22-4)9-13(21-3)10-16(18)23-19(17)20/h5-10H,1-4H3. The summed E-state index contributed by atoms with van der Waals surface area (Å²) in [5.41, 5.74) is 3.40. The van der Waals surface area contributed by atoms with Gasteiger partial charge in [0.15, 0.2) is 0 Å². The Kier molecular flexibility index (Phi) is 3.82. The van der Waals surface area contributed by atoms with Crippen molar-refractivity contribution in [2.45, 2.75) is 13.8 Å². The van der Waals surface area contributed by atoms with Crippen molar-refractivity contribution in [2.75, 3.05) is 14.2 Å². The summed E-state index contributed by atoms with van der Waals surface area (Å²) in [6.45, 7) is 3.89. The minimum atomic E-state index is -0.361. The molecule has 3 aromatic rings. The molecule has 2 aromatic carbocycles. The molecule has 4 nitrogen and oxygen atoms in total. The summed E-state index contributed by atoms with van der Waals surface area (Å²) in [6, 6.07) is 11.3. The molecule has 0 amide bonds. The van der Waals surface area contributed by atoms with Gasteiger partial charge >= 0.3 is 5.63 Å². The van der Waals surface area contributed by atoms with Crippen molar-refractivity contribution in [3.8, 4) is 22.6 Å². The summed E-state index contributed by atoms with van der Waals surface area (Å²) in [5, 5.41) is 0.783. The maximum atomic E-state index is 12.6. The van der Waals surface area contributed by atoms with E-state index in [0.717, 1.165) is 22.1 Å². The Morgan fingerprint density at radius 3 is 2.39 bits per heavy atom. The molecule has 0 saturated heterocycles. The van der Waals surface area contributed by atoms with Gasteiger partial charge in [-0.3, -0.25) is 0 Å². The number of ether oxygens (including phenoxy) is 2. The third kappa shape index (κ3) is 2.46. The van der Waals surface area contributed by atoms with Crippen LogP contribution in [0, 0.1) is 13.8 Å². The molecule has 118 valence electrons. The highest BCUT2D eigenvalue weighted by molar-refractivity contribution is 5.93. The zero-order chi connectivity index (χ0) is 16.6. The Morgan fingerprint density at radius 1 is 1.00 bits per heavy atom. The highest BCUT2D eigenvalue weighted by atomic mass is 16.5. The van der Waals surface area contributed by atoms with Crippen LogP contribution < -0.4 is 15.1 Å². The summed E-state index contributed by atoms with van der Waals surface area (Å²) in [6.07, 6.45) is 0. The molecule has 0 aliphatic carbocycles. The van der Waals surface area contributed by atoms with Crippen LogP contribution in [0.15, 0.2) is 45.6 Å². The van der Waals surface area contributed by atoms with Crippen molar-refractivity contribution < 1.29 is 13.9 Å². The lowest BCUT2D eigenvalue weighted by molar-refractivity contribution is 0.396. The molecule has 0 unspecified atom stereocenters. The van der Waals surface area contributed by atoms with E-state index in [1.807, 2.05) is 38.1 Å². The van der Waals surface area contributed by atoms with E-state index in [-0.39, 0.29) is 5.63 Å². The molecular formula is C19H18O4. The van der Waals surface area contributed by atoms with Crippen molar-refractivity contribution in [1.29, 1.82) is 0 Å². The van der Waals surface area contributed by atoms with E-state index in [9.17, 15) is 4.79 Å². The SMILES string of the molecule is COc1cc(OC)c2c(C)c(-c3ccccc3C)c(=O)oc2c1. The number of rotatable bonds is 3. The van der Waals surface area contributed by atoms with E-state index < -0.39 is 0 Å². The second kappa shape index (κ2) is 5.80. The fourth-order valence-electron chi connectivity index (χ4n) is 2.89. The summed E-state index contributed by atoms with van der Waals surface area (Å²) in [5.74, 6) is 1.20. The van der Waals surface area contributed by atoms with Gasteiger partial charge < -0.3 is 13.9 Å². The highest BCUT2D eigenvalue weighted by Gasteiger charge is 2.18. The molecule has 4 heteroatoms. The van der Waals surface area contributed by atoms with Crippen molar-refractivity contribution in [1.82, 2.24) is 0 Å². The first-order chi connectivity index (χ1) is 11.1. The zero-order valence-corrected chi connectivity index (χ0v) is 13.6. The molecular weight excluding hydrogens is 292 g/mol. The fraction of sp³-hybridized carbons (Fsp3) is 0.211. The number of benzene rings is 2. The normalized spacial score (nSPS) is 10.8. The molecule has 0 atom stereocenters. The fourth-order valence-corrected chi connectivity index (χ4v) is 2.89. The summed E-state index contributed by atoms with van der Waals surface area (Å²) in [7, 11) is 3.15. The molecule has 1 aromatic heterocycles. The first kappa shape index (κ1) is 15.2. The first-order valence-electron chi connectivity index (χ1n) is 7.32. The first-order valence-corrected chi connectivity index (χ1v) is 7.32. The van der Waals surface area contributed by atoms with Crippen LogP contribution in [0.4, 0.5) is 0 Å². The Hall–Kier alpha value is -2.75. The third-order valence-electron chi connectivity index (χ3n) is 4.07. The molecule has 0 bridgehead atoms. The third-order valence-corrected chi connectivity index (χ3v) is 4.07. The maximum absolute atomic E-state index is 12.6. The predicted molar refractivity (Wildman–Crippen MR) is 90.5 cm³/mol. The average molecular weight is 310 g/mol. The molecule has 0 aliphatic rings. The second-order valence-corrected chi connectivity index (χ2v) is 5.41. The molecule has 0 fully saturated rings. The minimum Gasteiger partial charge on any atom is -0.496 e. The molecule has 0 radical (unpaired) electrons. The molecule has 0 aliphatic heterocycles. The van der Waals surface area contributed by atoms with Gasteiger partial charge in [0.2, 0.25) is 0 Å². The number of hydrogen-bond donors (Lipinski definition) is 0. The second-order valence-electron chi connectivity index (χ2n) is 5.41. The molecule has 0 N–H and O–H groups in total. The lowest BCUT2D eigenvalue weighted by Crippen LogP contribution is -2.07. The Balaban J connectivity index is 2.43. The van der Waals surface area contributed by atoms with Gasteiger partial charge in [0.25, 0.3) is 0 Å². The summed E-state index contributed by atoms with van der Waals surface area (Å²) >= 11 is 0. The van der Waals surface area contributed by atoms with Gasteiger partial charge in [-0.05, 0) is 30.5 Å².